The molecule has 2 aliphatic rings. The Balaban J connectivity index is 1.65. The van der Waals surface area contributed by atoms with E-state index in [1.54, 1.807) is 12.4 Å². The van der Waals surface area contributed by atoms with Gasteiger partial charge >= 0.3 is 0 Å². The summed E-state index contributed by atoms with van der Waals surface area (Å²) >= 11 is 16.5. The van der Waals surface area contributed by atoms with Gasteiger partial charge in [0.2, 0.25) is 5.95 Å². The summed E-state index contributed by atoms with van der Waals surface area (Å²) in [6.45, 7) is 0. The smallest absolute Gasteiger partial charge is 0.226 e. The molecule has 0 saturated carbocycles. The number of rotatable bonds is 2. The Bertz CT molecular complexity index is 1400. The van der Waals surface area contributed by atoms with Crippen LogP contribution in [0.4, 0.5) is 5.95 Å². The molecule has 0 bridgehead atoms. The molecule has 1 aromatic heterocycles. The lowest BCUT2D eigenvalue weighted by molar-refractivity contribution is 0.223. The van der Waals surface area contributed by atoms with Crippen LogP contribution in [0.1, 0.15) is 28.8 Å². The van der Waals surface area contributed by atoms with Gasteiger partial charge in [-0.3, -0.25) is 0 Å². The van der Waals surface area contributed by atoms with Crippen LogP contribution in [-0.2, 0) is 0 Å². The molecule has 0 fully saturated rings. The van der Waals surface area contributed by atoms with Gasteiger partial charge in [0.05, 0.1) is 5.70 Å². The first-order valence-corrected chi connectivity index (χ1v) is 11.5. The van der Waals surface area contributed by atoms with E-state index in [2.05, 4.69) is 43.5 Å². The predicted molar refractivity (Wildman–Crippen MR) is 129 cm³/mol. The second-order valence-electron chi connectivity index (χ2n) is 7.60. The summed E-state index contributed by atoms with van der Waals surface area (Å²) in [5.41, 5.74) is 4.82. The summed E-state index contributed by atoms with van der Waals surface area (Å²) < 4.78 is 9.42. The quantitative estimate of drug-likeness (QED) is 0.309. The van der Waals surface area contributed by atoms with Gasteiger partial charge in [-0.25, -0.2) is 4.68 Å². The van der Waals surface area contributed by atoms with Gasteiger partial charge < -0.3 is 10.1 Å². The molecule has 0 amide bonds. The number of para-hydroxylation sites is 1. The fraction of sp³-hybridized carbons (Fsp3) is 0.0833. The Morgan fingerprint density at radius 3 is 2.72 bits per heavy atom. The third-order valence-electron chi connectivity index (χ3n) is 5.73. The zero-order valence-corrected chi connectivity index (χ0v) is 19.6. The molecule has 0 spiro atoms. The van der Waals surface area contributed by atoms with Crippen molar-refractivity contribution in [1.29, 1.82) is 0 Å². The molecule has 4 aromatic rings. The molecule has 0 radical (unpaired) electrons. The van der Waals surface area contributed by atoms with Crippen molar-refractivity contribution in [1.82, 2.24) is 14.8 Å². The minimum Gasteiger partial charge on any atom is -0.480 e. The van der Waals surface area contributed by atoms with Crippen LogP contribution in [0, 0.1) is 0 Å². The molecular weight excluding hydrogens is 511 g/mol. The maximum atomic E-state index is 6.71. The van der Waals surface area contributed by atoms with Crippen LogP contribution >= 0.6 is 39.1 Å². The van der Waals surface area contributed by atoms with Crippen molar-refractivity contribution in [2.24, 2.45) is 0 Å². The van der Waals surface area contributed by atoms with Crippen LogP contribution in [0.2, 0.25) is 10.0 Å². The monoisotopic (exact) mass is 524 g/mol. The van der Waals surface area contributed by atoms with Crippen LogP contribution in [0.5, 0.6) is 5.75 Å². The van der Waals surface area contributed by atoms with Crippen LogP contribution < -0.4 is 10.1 Å². The molecule has 0 aliphatic carbocycles. The normalized spacial score (nSPS) is 18.8. The minimum atomic E-state index is -0.362. The van der Waals surface area contributed by atoms with Gasteiger partial charge in [-0.15, -0.1) is 0 Å². The second kappa shape index (κ2) is 7.66. The summed E-state index contributed by atoms with van der Waals surface area (Å²) in [4.78, 5) is 4.44. The average molecular weight is 526 g/mol. The Morgan fingerprint density at radius 2 is 1.88 bits per heavy atom. The molecule has 2 atom stereocenters. The number of ether oxygens (including phenoxy) is 1. The van der Waals surface area contributed by atoms with Gasteiger partial charge in [0.25, 0.3) is 0 Å². The van der Waals surface area contributed by atoms with Crippen molar-refractivity contribution in [3.63, 3.8) is 0 Å². The molecule has 5 nitrogen and oxygen atoms in total. The third-order valence-corrected chi connectivity index (χ3v) is 6.79. The Kier molecular flexibility index (Phi) is 4.75. The zero-order chi connectivity index (χ0) is 21.8. The third kappa shape index (κ3) is 3.13. The highest BCUT2D eigenvalue weighted by Crippen LogP contribution is 2.51. The fourth-order valence-corrected chi connectivity index (χ4v) is 5.31. The molecule has 3 heterocycles. The molecule has 1 N–H and O–H groups in total. The Morgan fingerprint density at radius 1 is 1.00 bits per heavy atom. The number of fused-ring (bicyclic) bond motifs is 3. The van der Waals surface area contributed by atoms with E-state index in [-0.39, 0.29) is 12.1 Å². The summed E-state index contributed by atoms with van der Waals surface area (Å²) in [6, 6.07) is 21.3. The lowest BCUT2D eigenvalue weighted by Gasteiger charge is -2.39. The molecule has 0 unspecified atom stereocenters. The number of hydrogen-bond donors (Lipinski definition) is 1. The Hall–Kier alpha value is -2.80. The molecule has 8 heteroatoms. The lowest BCUT2D eigenvalue weighted by Crippen LogP contribution is -2.32. The second-order valence-corrected chi connectivity index (χ2v) is 9.36. The van der Waals surface area contributed by atoms with Crippen LogP contribution in [0.15, 0.2) is 83.1 Å². The SMILES string of the molecule is Clc1ccc([C@H]2C3=C(Nc4ncnn42)c2ccccc2O[C@H]3c2cccc(Br)c2)c(Cl)c1. The van der Waals surface area contributed by atoms with E-state index < -0.39 is 0 Å². The number of benzene rings is 3. The van der Waals surface area contributed by atoms with Crippen molar-refractivity contribution in [3.8, 4) is 5.75 Å². The van der Waals surface area contributed by atoms with E-state index in [4.69, 9.17) is 27.9 Å². The number of nitrogens with one attached hydrogen (secondary N) is 1. The number of anilines is 1. The predicted octanol–water partition coefficient (Wildman–Crippen LogP) is 6.91. The summed E-state index contributed by atoms with van der Waals surface area (Å²) in [7, 11) is 0. The van der Waals surface area contributed by atoms with Crippen LogP contribution in [-0.4, -0.2) is 14.8 Å². The first kappa shape index (κ1) is 19.9. The van der Waals surface area contributed by atoms with E-state index in [9.17, 15) is 0 Å². The molecule has 32 heavy (non-hydrogen) atoms. The number of hydrogen-bond acceptors (Lipinski definition) is 4. The first-order chi connectivity index (χ1) is 15.6. The number of halogens is 3. The average Bonchev–Trinajstić information content (AvgIpc) is 3.26. The minimum absolute atomic E-state index is 0.328. The molecule has 2 aliphatic heterocycles. The van der Waals surface area contributed by atoms with Gasteiger partial charge in [0.15, 0.2) is 0 Å². The number of aromatic nitrogens is 3. The highest BCUT2D eigenvalue weighted by molar-refractivity contribution is 9.10. The Labute approximate surface area is 202 Å². The summed E-state index contributed by atoms with van der Waals surface area (Å²) in [5, 5.41) is 9.15. The van der Waals surface area contributed by atoms with Gasteiger partial charge in [0.1, 0.15) is 24.2 Å². The molecule has 0 saturated heterocycles. The van der Waals surface area contributed by atoms with Gasteiger partial charge in [-0.1, -0.05) is 69.5 Å². The van der Waals surface area contributed by atoms with Gasteiger partial charge in [-0.05, 0) is 47.5 Å². The van der Waals surface area contributed by atoms with Crippen molar-refractivity contribution < 1.29 is 4.74 Å². The standard InChI is InChI=1S/C24H15BrCl2N4O/c25-14-5-3-4-13(10-14)23-20-21(17-6-1-2-7-19(17)32-23)30-24-28-12-29-31(24)22(20)16-9-8-15(26)11-18(16)27/h1-12,22-23H,(H,28,29,30)/t22-,23-/m0/s1. The van der Waals surface area contributed by atoms with Crippen LogP contribution in [0.3, 0.4) is 0 Å². The first-order valence-electron chi connectivity index (χ1n) is 9.97. The molecule has 6 rings (SSSR count). The van der Waals surface area contributed by atoms with Crippen molar-refractivity contribution in [3.05, 3.63) is 110 Å². The molecular formula is C24H15BrCl2N4O. The van der Waals surface area contributed by atoms with Crippen molar-refractivity contribution in [2.75, 3.05) is 5.32 Å². The van der Waals surface area contributed by atoms with E-state index in [1.807, 2.05) is 53.2 Å². The van der Waals surface area contributed by atoms with Crippen molar-refractivity contribution in [2.45, 2.75) is 12.1 Å². The summed E-state index contributed by atoms with van der Waals surface area (Å²) in [5.74, 6) is 1.45. The van der Waals surface area contributed by atoms with Crippen LogP contribution in [0.25, 0.3) is 5.70 Å². The maximum absolute atomic E-state index is 6.71. The molecule has 158 valence electrons. The lowest BCUT2D eigenvalue weighted by atomic mass is 9.84. The topological polar surface area (TPSA) is 52.0 Å². The van der Waals surface area contributed by atoms with Gasteiger partial charge in [-0.2, -0.15) is 10.1 Å². The van der Waals surface area contributed by atoms with E-state index >= 15 is 0 Å². The molecule has 3 aromatic carbocycles. The summed E-state index contributed by atoms with van der Waals surface area (Å²) in [6.07, 6.45) is 1.18. The van der Waals surface area contributed by atoms with E-state index in [1.165, 1.54) is 0 Å². The van der Waals surface area contributed by atoms with Gasteiger partial charge in [0, 0.05) is 25.7 Å². The fourth-order valence-electron chi connectivity index (χ4n) is 4.38. The van der Waals surface area contributed by atoms with Crippen molar-refractivity contribution >= 4 is 50.8 Å². The van der Waals surface area contributed by atoms with E-state index in [0.717, 1.165) is 38.2 Å². The zero-order valence-electron chi connectivity index (χ0n) is 16.5. The number of nitrogens with zero attached hydrogens (tertiary/aromatic N) is 3. The highest BCUT2D eigenvalue weighted by Gasteiger charge is 2.41. The van der Waals surface area contributed by atoms with E-state index in [0.29, 0.717) is 16.0 Å². The largest absolute Gasteiger partial charge is 0.480 e. The maximum Gasteiger partial charge on any atom is 0.226 e. The highest BCUT2D eigenvalue weighted by atomic mass is 79.9.